The molecule has 0 aliphatic carbocycles. The molecule has 2 nitrogen and oxygen atoms in total. The van der Waals surface area contributed by atoms with Crippen LogP contribution >= 0.6 is 0 Å². The molecule has 0 bridgehead atoms. The lowest BCUT2D eigenvalue weighted by atomic mass is 10.1. The number of hydrogen-bond acceptors (Lipinski definition) is 2. The van der Waals surface area contributed by atoms with E-state index in [1.54, 1.807) is 6.92 Å². The van der Waals surface area contributed by atoms with Gasteiger partial charge in [0.05, 0.1) is 6.61 Å². The third kappa shape index (κ3) is 8.05. The Labute approximate surface area is 93.4 Å². The minimum atomic E-state index is -0.281. The molecule has 0 aromatic carbocycles. The van der Waals surface area contributed by atoms with E-state index < -0.39 is 0 Å². The van der Waals surface area contributed by atoms with Gasteiger partial charge in [-0.2, -0.15) is 0 Å². The minimum Gasteiger partial charge on any atom is -0.465 e. The van der Waals surface area contributed by atoms with Gasteiger partial charge in [0.1, 0.15) is 5.92 Å². The first-order chi connectivity index (χ1) is 7.22. The van der Waals surface area contributed by atoms with Gasteiger partial charge < -0.3 is 4.74 Å². The molecule has 0 aromatic rings. The molecule has 0 spiro atoms. The van der Waals surface area contributed by atoms with Crippen LogP contribution in [0.5, 0.6) is 0 Å². The summed E-state index contributed by atoms with van der Waals surface area (Å²) in [6, 6.07) is 0. The van der Waals surface area contributed by atoms with Crippen molar-refractivity contribution < 1.29 is 9.53 Å². The van der Waals surface area contributed by atoms with Gasteiger partial charge in [-0.3, -0.25) is 4.79 Å². The number of ether oxygens (including phenoxy) is 1. The van der Waals surface area contributed by atoms with E-state index in [2.05, 4.69) is 18.8 Å². The van der Waals surface area contributed by atoms with Crippen LogP contribution in [0.25, 0.3) is 0 Å². The van der Waals surface area contributed by atoms with Crippen molar-refractivity contribution in [2.75, 3.05) is 6.61 Å². The van der Waals surface area contributed by atoms with Crippen LogP contribution in [0.4, 0.5) is 0 Å². The molecular weight excluding hydrogens is 188 g/mol. The Hall–Kier alpha value is -0.970. The van der Waals surface area contributed by atoms with Gasteiger partial charge in [-0.25, -0.2) is 0 Å². The zero-order valence-corrected chi connectivity index (χ0v) is 10.1. The normalized spacial score (nSPS) is 11.4. The third-order valence-electron chi connectivity index (χ3n) is 2.11. The molecular formula is C13H22O2. The lowest BCUT2D eigenvalue weighted by Crippen LogP contribution is -2.12. The minimum absolute atomic E-state index is 0.210. The number of carbonyl (C=O) groups excluding carboxylic acids is 1. The van der Waals surface area contributed by atoms with Gasteiger partial charge >= 0.3 is 5.97 Å². The van der Waals surface area contributed by atoms with E-state index in [1.807, 2.05) is 6.92 Å². The van der Waals surface area contributed by atoms with Gasteiger partial charge in [0.25, 0.3) is 0 Å². The summed E-state index contributed by atoms with van der Waals surface area (Å²) in [5, 5.41) is 0. The van der Waals surface area contributed by atoms with Crippen LogP contribution in [0.3, 0.4) is 0 Å². The van der Waals surface area contributed by atoms with Gasteiger partial charge in [0.2, 0.25) is 0 Å². The number of unbranched alkanes of at least 4 members (excludes halogenated alkanes) is 4. The Morgan fingerprint density at radius 1 is 1.27 bits per heavy atom. The molecule has 15 heavy (non-hydrogen) atoms. The average Bonchev–Trinajstić information content (AvgIpc) is 2.23. The van der Waals surface area contributed by atoms with E-state index in [0.717, 1.165) is 12.8 Å². The lowest BCUT2D eigenvalue weighted by Gasteiger charge is -2.02. The molecule has 86 valence electrons. The Bertz CT molecular complexity index is 222. The second-order valence-corrected chi connectivity index (χ2v) is 3.61. The highest BCUT2D eigenvalue weighted by Crippen LogP contribution is 2.02. The van der Waals surface area contributed by atoms with E-state index in [9.17, 15) is 4.79 Å². The average molecular weight is 210 g/mol. The van der Waals surface area contributed by atoms with Crippen LogP contribution in [0, 0.1) is 17.8 Å². The first-order valence-corrected chi connectivity index (χ1v) is 5.87. The van der Waals surface area contributed by atoms with Crippen molar-refractivity contribution in [1.82, 2.24) is 0 Å². The standard InChI is InChI=1S/C13H22O2/c1-4-6-7-8-9-10-11-12(3)13(14)15-5-2/h12H,4-9H2,1-3H3. The summed E-state index contributed by atoms with van der Waals surface area (Å²) >= 11 is 0. The van der Waals surface area contributed by atoms with E-state index in [0.29, 0.717) is 6.61 Å². The molecule has 0 N–H and O–H groups in total. The molecule has 0 radical (unpaired) electrons. The van der Waals surface area contributed by atoms with Crippen LogP contribution in [0.1, 0.15) is 52.9 Å². The Kier molecular flexibility index (Phi) is 8.96. The van der Waals surface area contributed by atoms with Crippen molar-refractivity contribution >= 4 is 5.97 Å². The van der Waals surface area contributed by atoms with E-state index >= 15 is 0 Å². The van der Waals surface area contributed by atoms with Gasteiger partial charge in [-0.15, -0.1) is 5.92 Å². The molecule has 0 aliphatic rings. The maximum absolute atomic E-state index is 11.2. The summed E-state index contributed by atoms with van der Waals surface area (Å²) in [5.74, 6) is 5.46. The van der Waals surface area contributed by atoms with Crippen molar-refractivity contribution in [1.29, 1.82) is 0 Å². The summed E-state index contributed by atoms with van der Waals surface area (Å²) in [6.07, 6.45) is 5.78. The van der Waals surface area contributed by atoms with Crippen molar-refractivity contribution in [2.45, 2.75) is 52.9 Å². The number of rotatable bonds is 6. The molecule has 0 saturated carbocycles. The Morgan fingerprint density at radius 3 is 2.60 bits per heavy atom. The highest BCUT2D eigenvalue weighted by atomic mass is 16.5. The zero-order chi connectivity index (χ0) is 11.5. The zero-order valence-electron chi connectivity index (χ0n) is 10.1. The van der Waals surface area contributed by atoms with Crippen LogP contribution < -0.4 is 0 Å². The molecule has 0 heterocycles. The second kappa shape index (κ2) is 9.58. The molecule has 0 aromatic heterocycles. The fraction of sp³-hybridized carbons (Fsp3) is 0.769. The van der Waals surface area contributed by atoms with Crippen LogP contribution in [0.2, 0.25) is 0 Å². The fourth-order valence-electron chi connectivity index (χ4n) is 1.19. The van der Waals surface area contributed by atoms with Crippen LogP contribution in [-0.4, -0.2) is 12.6 Å². The van der Waals surface area contributed by atoms with Crippen molar-refractivity contribution in [3.63, 3.8) is 0 Å². The second-order valence-electron chi connectivity index (χ2n) is 3.61. The summed E-state index contributed by atoms with van der Waals surface area (Å²) in [5.41, 5.74) is 0. The Morgan fingerprint density at radius 2 is 2.00 bits per heavy atom. The molecule has 1 unspecified atom stereocenters. The quantitative estimate of drug-likeness (QED) is 0.382. The maximum Gasteiger partial charge on any atom is 0.320 e. The lowest BCUT2D eigenvalue weighted by molar-refractivity contribution is -0.145. The number of hydrogen-bond donors (Lipinski definition) is 0. The molecule has 1 atom stereocenters. The fourth-order valence-corrected chi connectivity index (χ4v) is 1.19. The number of esters is 1. The van der Waals surface area contributed by atoms with Gasteiger partial charge in [0.15, 0.2) is 0 Å². The smallest absolute Gasteiger partial charge is 0.320 e. The van der Waals surface area contributed by atoms with Crippen LogP contribution in [0.15, 0.2) is 0 Å². The maximum atomic E-state index is 11.2. The van der Waals surface area contributed by atoms with Gasteiger partial charge in [-0.05, 0) is 20.3 Å². The van der Waals surface area contributed by atoms with E-state index in [4.69, 9.17) is 4.74 Å². The van der Waals surface area contributed by atoms with E-state index in [-0.39, 0.29) is 11.9 Å². The topological polar surface area (TPSA) is 26.3 Å². The monoisotopic (exact) mass is 210 g/mol. The van der Waals surface area contributed by atoms with Crippen molar-refractivity contribution in [3.8, 4) is 11.8 Å². The summed E-state index contributed by atoms with van der Waals surface area (Å²) < 4.78 is 4.86. The number of carbonyl (C=O) groups is 1. The van der Waals surface area contributed by atoms with Gasteiger partial charge in [0, 0.05) is 6.42 Å². The molecule has 0 rings (SSSR count). The highest BCUT2D eigenvalue weighted by Gasteiger charge is 2.09. The highest BCUT2D eigenvalue weighted by molar-refractivity contribution is 5.75. The summed E-state index contributed by atoms with van der Waals surface area (Å²) in [6.45, 7) is 6.22. The molecule has 0 fully saturated rings. The molecule has 0 saturated heterocycles. The molecule has 0 aliphatic heterocycles. The molecule has 2 heteroatoms. The predicted octanol–water partition coefficient (Wildman–Crippen LogP) is 3.16. The predicted molar refractivity (Wildman–Crippen MR) is 62.3 cm³/mol. The first kappa shape index (κ1) is 14.0. The van der Waals surface area contributed by atoms with Crippen molar-refractivity contribution in [3.05, 3.63) is 0 Å². The summed E-state index contributed by atoms with van der Waals surface area (Å²) in [4.78, 5) is 11.2. The summed E-state index contributed by atoms with van der Waals surface area (Å²) in [7, 11) is 0. The first-order valence-electron chi connectivity index (χ1n) is 5.87. The van der Waals surface area contributed by atoms with E-state index in [1.165, 1.54) is 19.3 Å². The Balaban J connectivity index is 3.61. The van der Waals surface area contributed by atoms with Gasteiger partial charge in [-0.1, -0.05) is 32.1 Å². The molecule has 0 amide bonds. The van der Waals surface area contributed by atoms with Crippen molar-refractivity contribution in [2.24, 2.45) is 5.92 Å². The SMILES string of the molecule is CCCCCCC#CC(C)C(=O)OCC. The third-order valence-corrected chi connectivity index (χ3v) is 2.11. The largest absolute Gasteiger partial charge is 0.465 e. The van der Waals surface area contributed by atoms with Crippen LogP contribution in [-0.2, 0) is 9.53 Å².